The third-order valence-electron chi connectivity index (χ3n) is 6.85. The van der Waals surface area contributed by atoms with Crippen LogP contribution in [0.2, 0.25) is 5.02 Å². The molecule has 3 heterocycles. The summed E-state index contributed by atoms with van der Waals surface area (Å²) in [6.45, 7) is 1.56. The first-order chi connectivity index (χ1) is 17.4. The van der Waals surface area contributed by atoms with Crippen molar-refractivity contribution in [2.45, 2.75) is 31.3 Å². The molecule has 36 heavy (non-hydrogen) atoms. The number of urea groups is 1. The molecule has 3 atom stereocenters. The van der Waals surface area contributed by atoms with E-state index in [2.05, 4.69) is 10.6 Å². The van der Waals surface area contributed by atoms with Gasteiger partial charge in [0.1, 0.15) is 11.9 Å². The lowest BCUT2D eigenvalue weighted by Gasteiger charge is -2.43. The number of fused-ring (bicyclic) bond motifs is 4. The van der Waals surface area contributed by atoms with Crippen LogP contribution in [0.15, 0.2) is 71.5 Å². The van der Waals surface area contributed by atoms with Gasteiger partial charge in [-0.3, -0.25) is 9.59 Å². The van der Waals surface area contributed by atoms with E-state index in [-0.39, 0.29) is 34.9 Å². The minimum atomic E-state index is -0.861. The van der Waals surface area contributed by atoms with Crippen molar-refractivity contribution in [3.05, 3.63) is 99.2 Å². The first-order valence-corrected chi connectivity index (χ1v) is 12.3. The number of halogens is 2. The van der Waals surface area contributed by atoms with Crippen LogP contribution in [-0.2, 0) is 17.8 Å². The van der Waals surface area contributed by atoms with Crippen LogP contribution >= 0.6 is 11.6 Å². The lowest BCUT2D eigenvalue weighted by Crippen LogP contribution is -2.55. The first-order valence-electron chi connectivity index (χ1n) is 11.9. The minimum absolute atomic E-state index is 0.0133. The largest absolute Gasteiger partial charge is 0.326 e. The Morgan fingerprint density at radius 1 is 1.03 bits per heavy atom. The van der Waals surface area contributed by atoms with Crippen LogP contribution < -0.4 is 16.2 Å². The van der Waals surface area contributed by atoms with Gasteiger partial charge in [0.2, 0.25) is 5.91 Å². The highest BCUT2D eigenvalue weighted by molar-refractivity contribution is 6.31. The number of pyridine rings is 1. The standard InChI is InChI=1S/C27H26ClFN4O3/c28-21-13-20(9-10-22(21)29)30-26(35)23(12-17-5-2-1-3-6-17)31-27(36)32-14-18-11-19(16-32)24-7-4-8-25(34)33(24)15-18/h1-10,13,18-19,23H,11-12,14-16H2,(H,30,35)(H,31,36). The van der Waals surface area contributed by atoms with Crippen LogP contribution in [0.25, 0.3) is 0 Å². The molecule has 3 amide bonds. The van der Waals surface area contributed by atoms with Gasteiger partial charge in [0.05, 0.1) is 5.02 Å². The molecule has 5 rings (SSSR count). The Kier molecular flexibility index (Phi) is 6.78. The van der Waals surface area contributed by atoms with Gasteiger partial charge in [0, 0.05) is 49.4 Å². The number of nitrogens with one attached hydrogen (secondary N) is 2. The van der Waals surface area contributed by atoms with Crippen molar-refractivity contribution in [2.24, 2.45) is 5.92 Å². The van der Waals surface area contributed by atoms with Crippen LogP contribution in [0.3, 0.4) is 0 Å². The predicted molar refractivity (Wildman–Crippen MR) is 136 cm³/mol. The molecule has 2 N–H and O–H groups in total. The summed E-state index contributed by atoms with van der Waals surface area (Å²) in [7, 11) is 0. The molecule has 0 radical (unpaired) electrons. The maximum Gasteiger partial charge on any atom is 0.318 e. The molecule has 2 aliphatic heterocycles. The van der Waals surface area contributed by atoms with E-state index >= 15 is 0 Å². The first kappa shape index (κ1) is 24.1. The zero-order valence-corrected chi connectivity index (χ0v) is 20.2. The third-order valence-corrected chi connectivity index (χ3v) is 7.14. The number of hydrogen-bond acceptors (Lipinski definition) is 3. The molecule has 2 aromatic carbocycles. The second-order valence-electron chi connectivity index (χ2n) is 9.41. The molecule has 0 saturated carbocycles. The van der Waals surface area contributed by atoms with E-state index in [0.29, 0.717) is 25.3 Å². The van der Waals surface area contributed by atoms with Gasteiger partial charge in [-0.25, -0.2) is 9.18 Å². The summed E-state index contributed by atoms with van der Waals surface area (Å²) in [5, 5.41) is 5.54. The molecule has 3 unspecified atom stereocenters. The number of amides is 3. The summed E-state index contributed by atoms with van der Waals surface area (Å²) in [6, 6.07) is 17.4. The Bertz CT molecular complexity index is 1350. The fourth-order valence-electron chi connectivity index (χ4n) is 5.16. The molecule has 9 heteroatoms. The number of carbonyl (C=O) groups is 2. The molecule has 7 nitrogen and oxygen atoms in total. The summed E-state index contributed by atoms with van der Waals surface area (Å²) >= 11 is 5.86. The fraction of sp³-hybridized carbons (Fsp3) is 0.296. The second kappa shape index (κ2) is 10.1. The molecule has 2 bridgehead atoms. The van der Waals surface area contributed by atoms with E-state index in [1.165, 1.54) is 18.2 Å². The lowest BCUT2D eigenvalue weighted by atomic mass is 9.83. The Balaban J connectivity index is 1.33. The molecule has 3 aromatic rings. The second-order valence-corrected chi connectivity index (χ2v) is 9.82. The molecule has 2 aliphatic rings. The quantitative estimate of drug-likeness (QED) is 0.546. The van der Waals surface area contributed by atoms with Crippen molar-refractivity contribution in [3.8, 4) is 0 Å². The van der Waals surface area contributed by atoms with Gasteiger partial charge in [-0.05, 0) is 42.2 Å². The normalized spacial score (nSPS) is 19.2. The highest BCUT2D eigenvalue weighted by Crippen LogP contribution is 2.35. The van der Waals surface area contributed by atoms with Gasteiger partial charge < -0.3 is 20.1 Å². The van der Waals surface area contributed by atoms with Crippen LogP contribution in [0, 0.1) is 11.7 Å². The van der Waals surface area contributed by atoms with Crippen molar-refractivity contribution in [2.75, 3.05) is 18.4 Å². The predicted octanol–water partition coefficient (Wildman–Crippen LogP) is 4.02. The van der Waals surface area contributed by atoms with Gasteiger partial charge >= 0.3 is 6.03 Å². The van der Waals surface area contributed by atoms with Crippen molar-refractivity contribution < 1.29 is 14.0 Å². The van der Waals surface area contributed by atoms with Crippen LogP contribution in [0.1, 0.15) is 23.6 Å². The summed E-state index contributed by atoms with van der Waals surface area (Å²) in [5.41, 5.74) is 2.16. The van der Waals surface area contributed by atoms with E-state index in [9.17, 15) is 18.8 Å². The number of rotatable bonds is 5. The van der Waals surface area contributed by atoms with Gasteiger partial charge in [0.25, 0.3) is 5.56 Å². The SMILES string of the molecule is O=C(Nc1ccc(F)c(Cl)c1)C(Cc1ccccc1)NC(=O)N1CC2CC(C1)c1cccc(=O)n1C2. The van der Waals surface area contributed by atoms with Gasteiger partial charge in [-0.1, -0.05) is 48.0 Å². The average Bonchev–Trinajstić information content (AvgIpc) is 2.87. The maximum absolute atomic E-state index is 13.5. The number of piperidine rings is 1. The number of anilines is 1. The summed E-state index contributed by atoms with van der Waals surface area (Å²) in [5.74, 6) is -0.767. The molecule has 0 spiro atoms. The van der Waals surface area contributed by atoms with Crippen molar-refractivity contribution >= 4 is 29.2 Å². The number of hydrogen-bond donors (Lipinski definition) is 2. The van der Waals surface area contributed by atoms with E-state index in [1.807, 2.05) is 41.0 Å². The topological polar surface area (TPSA) is 83.4 Å². The zero-order chi connectivity index (χ0) is 25.2. The number of carbonyl (C=O) groups excluding carboxylic acids is 2. The summed E-state index contributed by atoms with van der Waals surface area (Å²) in [6.07, 6.45) is 1.21. The highest BCUT2D eigenvalue weighted by atomic mass is 35.5. The van der Waals surface area contributed by atoms with Crippen molar-refractivity contribution in [3.63, 3.8) is 0 Å². The van der Waals surface area contributed by atoms with E-state index < -0.39 is 17.8 Å². The molecule has 1 aromatic heterocycles. The average molecular weight is 509 g/mol. The molecular formula is C27H26ClFN4O3. The van der Waals surface area contributed by atoms with Gasteiger partial charge in [-0.15, -0.1) is 0 Å². The highest BCUT2D eigenvalue weighted by Gasteiger charge is 2.37. The van der Waals surface area contributed by atoms with E-state index in [4.69, 9.17) is 11.6 Å². The monoisotopic (exact) mass is 508 g/mol. The van der Waals surface area contributed by atoms with Crippen LogP contribution in [-0.4, -0.2) is 40.5 Å². The Morgan fingerprint density at radius 2 is 1.83 bits per heavy atom. The summed E-state index contributed by atoms with van der Waals surface area (Å²) in [4.78, 5) is 40.6. The fourth-order valence-corrected chi connectivity index (χ4v) is 5.35. The lowest BCUT2D eigenvalue weighted by molar-refractivity contribution is -0.118. The van der Waals surface area contributed by atoms with Crippen molar-refractivity contribution in [1.82, 2.24) is 14.8 Å². The Morgan fingerprint density at radius 3 is 2.61 bits per heavy atom. The molecular weight excluding hydrogens is 483 g/mol. The summed E-state index contributed by atoms with van der Waals surface area (Å²) < 4.78 is 15.4. The smallest absolute Gasteiger partial charge is 0.318 e. The maximum atomic E-state index is 13.5. The van der Waals surface area contributed by atoms with Gasteiger partial charge in [-0.2, -0.15) is 0 Å². The molecule has 186 valence electrons. The number of likely N-dealkylation sites (tertiary alicyclic amines) is 1. The van der Waals surface area contributed by atoms with Gasteiger partial charge in [0.15, 0.2) is 0 Å². The molecule has 1 fully saturated rings. The minimum Gasteiger partial charge on any atom is -0.326 e. The van der Waals surface area contributed by atoms with E-state index in [1.54, 1.807) is 17.0 Å². The third kappa shape index (κ3) is 5.14. The Labute approximate surface area is 212 Å². The Hall–Kier alpha value is -3.65. The number of benzene rings is 2. The van der Waals surface area contributed by atoms with E-state index in [0.717, 1.165) is 17.7 Å². The van der Waals surface area contributed by atoms with Crippen LogP contribution in [0.4, 0.5) is 14.9 Å². The number of nitrogens with zero attached hydrogens (tertiary/aromatic N) is 2. The van der Waals surface area contributed by atoms with Crippen molar-refractivity contribution in [1.29, 1.82) is 0 Å². The molecule has 0 aliphatic carbocycles. The van der Waals surface area contributed by atoms with Crippen LogP contribution in [0.5, 0.6) is 0 Å². The zero-order valence-electron chi connectivity index (χ0n) is 19.5. The molecule has 1 saturated heterocycles. The number of aromatic nitrogens is 1.